The van der Waals surface area contributed by atoms with Gasteiger partial charge in [-0.05, 0) is 35.9 Å². The summed E-state index contributed by atoms with van der Waals surface area (Å²) in [5.41, 5.74) is 1.06. The number of aliphatic hydroxyl groups excluding tert-OH is 1. The Bertz CT molecular complexity index is 726. The second kappa shape index (κ2) is 6.65. The van der Waals surface area contributed by atoms with Gasteiger partial charge in [-0.3, -0.25) is 0 Å². The molecule has 2 rings (SSSR count). The maximum atomic E-state index is 13.5. The Hall–Kier alpha value is -1.28. The van der Waals surface area contributed by atoms with E-state index in [0.717, 1.165) is 0 Å². The van der Waals surface area contributed by atoms with Crippen molar-refractivity contribution >= 4 is 21.4 Å². The first kappa shape index (κ1) is 16.1. The zero-order valence-corrected chi connectivity index (χ0v) is 13.1. The molecule has 1 aromatic carbocycles. The SMILES string of the molecule is Cc1csc(CO)c1S(=O)(=O)NCCc1ccccc1F. The summed E-state index contributed by atoms with van der Waals surface area (Å²) >= 11 is 1.21. The smallest absolute Gasteiger partial charge is 0.242 e. The second-order valence-electron chi connectivity index (χ2n) is 4.57. The van der Waals surface area contributed by atoms with Crippen LogP contribution in [0.5, 0.6) is 0 Å². The number of thiophene rings is 1. The number of rotatable bonds is 6. The molecule has 0 atom stereocenters. The largest absolute Gasteiger partial charge is 0.391 e. The quantitative estimate of drug-likeness (QED) is 0.854. The van der Waals surface area contributed by atoms with Gasteiger partial charge in [-0.15, -0.1) is 11.3 Å². The molecule has 0 bridgehead atoms. The molecule has 2 aromatic rings. The number of nitrogens with one attached hydrogen (secondary N) is 1. The predicted molar refractivity (Wildman–Crippen MR) is 80.3 cm³/mol. The highest BCUT2D eigenvalue weighted by molar-refractivity contribution is 7.89. The van der Waals surface area contributed by atoms with Crippen molar-refractivity contribution < 1.29 is 17.9 Å². The average Bonchev–Trinajstić information content (AvgIpc) is 2.83. The third-order valence-corrected chi connectivity index (χ3v) is 5.95. The van der Waals surface area contributed by atoms with Crippen molar-refractivity contribution in [3.8, 4) is 0 Å². The number of aliphatic hydroxyl groups is 1. The molecule has 7 heteroatoms. The number of aryl methyl sites for hydroxylation is 1. The Morgan fingerprint density at radius 3 is 2.71 bits per heavy atom. The lowest BCUT2D eigenvalue weighted by Gasteiger charge is -2.09. The van der Waals surface area contributed by atoms with Crippen molar-refractivity contribution in [1.82, 2.24) is 4.72 Å². The van der Waals surface area contributed by atoms with Crippen LogP contribution in [-0.4, -0.2) is 20.1 Å². The fraction of sp³-hybridized carbons (Fsp3) is 0.286. The topological polar surface area (TPSA) is 66.4 Å². The summed E-state index contributed by atoms with van der Waals surface area (Å²) in [5, 5.41) is 10.9. The monoisotopic (exact) mass is 329 g/mol. The number of benzene rings is 1. The van der Waals surface area contributed by atoms with Crippen molar-refractivity contribution in [1.29, 1.82) is 0 Å². The molecule has 0 fully saturated rings. The molecular formula is C14H16FNO3S2. The summed E-state index contributed by atoms with van der Waals surface area (Å²) in [5.74, 6) is -0.348. The van der Waals surface area contributed by atoms with E-state index in [0.29, 0.717) is 16.0 Å². The van der Waals surface area contributed by atoms with E-state index in [1.54, 1.807) is 30.5 Å². The van der Waals surface area contributed by atoms with Crippen molar-refractivity contribution in [3.63, 3.8) is 0 Å². The van der Waals surface area contributed by atoms with Crippen LogP contribution < -0.4 is 4.72 Å². The first-order valence-corrected chi connectivity index (χ1v) is 8.73. The average molecular weight is 329 g/mol. The molecule has 0 amide bonds. The highest BCUT2D eigenvalue weighted by Crippen LogP contribution is 2.26. The lowest BCUT2D eigenvalue weighted by Crippen LogP contribution is -2.27. The van der Waals surface area contributed by atoms with E-state index in [2.05, 4.69) is 4.72 Å². The minimum atomic E-state index is -3.70. The van der Waals surface area contributed by atoms with Gasteiger partial charge in [0.15, 0.2) is 0 Å². The lowest BCUT2D eigenvalue weighted by atomic mass is 10.1. The fourth-order valence-corrected chi connectivity index (χ4v) is 4.74. The minimum absolute atomic E-state index is 0.101. The zero-order chi connectivity index (χ0) is 15.5. The molecule has 21 heavy (non-hydrogen) atoms. The van der Waals surface area contributed by atoms with Crippen LogP contribution in [0.1, 0.15) is 16.0 Å². The molecule has 2 N–H and O–H groups in total. The van der Waals surface area contributed by atoms with Gasteiger partial charge in [0.1, 0.15) is 10.7 Å². The Morgan fingerprint density at radius 1 is 1.33 bits per heavy atom. The fourth-order valence-electron chi connectivity index (χ4n) is 2.05. The molecular weight excluding hydrogens is 313 g/mol. The van der Waals surface area contributed by atoms with E-state index in [4.69, 9.17) is 0 Å². The third-order valence-electron chi connectivity index (χ3n) is 3.05. The van der Waals surface area contributed by atoms with Gasteiger partial charge in [0.25, 0.3) is 0 Å². The van der Waals surface area contributed by atoms with E-state index < -0.39 is 10.0 Å². The van der Waals surface area contributed by atoms with Gasteiger partial charge in [0.2, 0.25) is 10.0 Å². The molecule has 4 nitrogen and oxygen atoms in total. The van der Waals surface area contributed by atoms with Gasteiger partial charge >= 0.3 is 0 Å². The Kier molecular flexibility index (Phi) is 5.10. The van der Waals surface area contributed by atoms with E-state index in [-0.39, 0.29) is 30.3 Å². The minimum Gasteiger partial charge on any atom is -0.391 e. The van der Waals surface area contributed by atoms with Gasteiger partial charge in [0, 0.05) is 6.54 Å². The van der Waals surface area contributed by atoms with E-state index >= 15 is 0 Å². The number of halogens is 1. The third kappa shape index (κ3) is 3.68. The van der Waals surface area contributed by atoms with Crippen LogP contribution >= 0.6 is 11.3 Å². The van der Waals surface area contributed by atoms with Gasteiger partial charge in [0.05, 0.1) is 11.5 Å². The van der Waals surface area contributed by atoms with Gasteiger partial charge < -0.3 is 5.11 Å². The second-order valence-corrected chi connectivity index (χ2v) is 7.24. The number of sulfonamides is 1. The molecule has 0 aliphatic heterocycles. The highest BCUT2D eigenvalue weighted by atomic mass is 32.2. The molecule has 1 heterocycles. The first-order valence-electron chi connectivity index (χ1n) is 6.36. The lowest BCUT2D eigenvalue weighted by molar-refractivity contribution is 0.282. The van der Waals surface area contributed by atoms with Crippen LogP contribution in [0.15, 0.2) is 34.5 Å². The van der Waals surface area contributed by atoms with E-state index in [1.165, 1.54) is 17.4 Å². The number of hydrogen-bond donors (Lipinski definition) is 2. The summed E-state index contributed by atoms with van der Waals surface area (Å²) in [6, 6.07) is 6.26. The summed E-state index contributed by atoms with van der Waals surface area (Å²) < 4.78 is 40.4. The maximum absolute atomic E-state index is 13.5. The standard InChI is InChI=1S/C14H16FNO3S2/c1-10-9-20-13(8-17)14(10)21(18,19)16-7-6-11-4-2-3-5-12(11)15/h2-5,9,16-17H,6-8H2,1H3. The van der Waals surface area contributed by atoms with Gasteiger partial charge in [-0.2, -0.15) is 0 Å². The summed E-state index contributed by atoms with van der Waals surface area (Å²) in [4.78, 5) is 0.537. The Balaban J connectivity index is 2.09. The summed E-state index contributed by atoms with van der Waals surface area (Å²) in [6.07, 6.45) is 0.267. The van der Waals surface area contributed by atoms with Crippen LogP contribution in [-0.2, 0) is 23.1 Å². The van der Waals surface area contributed by atoms with Crippen LogP contribution in [0.3, 0.4) is 0 Å². The molecule has 0 radical (unpaired) electrons. The molecule has 0 unspecified atom stereocenters. The predicted octanol–water partition coefficient (Wildman–Crippen LogP) is 2.21. The molecule has 0 aliphatic carbocycles. The van der Waals surface area contributed by atoms with Crippen LogP contribution in [0, 0.1) is 12.7 Å². The van der Waals surface area contributed by atoms with Crippen LogP contribution in [0.2, 0.25) is 0 Å². The van der Waals surface area contributed by atoms with Gasteiger partial charge in [-0.1, -0.05) is 18.2 Å². The Labute approximate surface area is 127 Å². The Morgan fingerprint density at radius 2 is 2.05 bits per heavy atom. The van der Waals surface area contributed by atoms with Crippen molar-refractivity contribution in [2.24, 2.45) is 0 Å². The molecule has 114 valence electrons. The molecule has 0 aliphatic rings. The maximum Gasteiger partial charge on any atom is 0.242 e. The van der Waals surface area contributed by atoms with Crippen molar-refractivity contribution in [2.75, 3.05) is 6.54 Å². The van der Waals surface area contributed by atoms with E-state index in [1.807, 2.05) is 0 Å². The van der Waals surface area contributed by atoms with Crippen LogP contribution in [0.4, 0.5) is 4.39 Å². The normalized spacial score (nSPS) is 11.8. The van der Waals surface area contributed by atoms with Crippen LogP contribution in [0.25, 0.3) is 0 Å². The van der Waals surface area contributed by atoms with E-state index in [9.17, 15) is 17.9 Å². The zero-order valence-electron chi connectivity index (χ0n) is 11.5. The summed E-state index contributed by atoms with van der Waals surface area (Å²) in [6.45, 7) is 1.46. The summed E-state index contributed by atoms with van der Waals surface area (Å²) in [7, 11) is -3.70. The molecule has 0 saturated carbocycles. The van der Waals surface area contributed by atoms with Crippen molar-refractivity contribution in [3.05, 3.63) is 51.5 Å². The molecule has 0 saturated heterocycles. The number of hydrogen-bond acceptors (Lipinski definition) is 4. The van der Waals surface area contributed by atoms with Gasteiger partial charge in [-0.25, -0.2) is 17.5 Å². The highest BCUT2D eigenvalue weighted by Gasteiger charge is 2.22. The van der Waals surface area contributed by atoms with Crippen molar-refractivity contribution in [2.45, 2.75) is 24.8 Å². The molecule has 0 spiro atoms. The molecule has 1 aromatic heterocycles. The first-order chi connectivity index (χ1) is 9.95.